The Hall–Kier alpha value is -2.58. The van der Waals surface area contributed by atoms with Gasteiger partial charge in [0, 0.05) is 13.1 Å². The quantitative estimate of drug-likeness (QED) is 0.532. The van der Waals surface area contributed by atoms with Crippen LogP contribution in [-0.4, -0.2) is 41.4 Å². The predicted molar refractivity (Wildman–Crippen MR) is 131 cm³/mol. The fourth-order valence-corrected chi connectivity index (χ4v) is 7.22. The number of hydrogen-bond acceptors (Lipinski definition) is 4. The Labute approximate surface area is 208 Å². The Morgan fingerprint density at radius 1 is 0.971 bits per heavy atom. The molecule has 0 radical (unpaired) electrons. The number of anilines is 1. The number of halogens is 2. The first kappa shape index (κ1) is 23.2. The van der Waals surface area contributed by atoms with E-state index in [1.165, 1.54) is 17.0 Å². The Kier molecular flexibility index (Phi) is 5.44. The molecule has 2 unspecified atom stereocenters. The number of likely N-dealkylation sites (tertiary alicyclic amines) is 1. The van der Waals surface area contributed by atoms with Crippen LogP contribution in [0.1, 0.15) is 16.7 Å². The van der Waals surface area contributed by atoms with Crippen molar-refractivity contribution >= 4 is 44.8 Å². The van der Waals surface area contributed by atoms with Gasteiger partial charge >= 0.3 is 0 Å². The number of para-hydroxylation sites is 1. The summed E-state index contributed by atoms with van der Waals surface area (Å²) in [4.78, 5) is 14.9. The van der Waals surface area contributed by atoms with Gasteiger partial charge in [0.15, 0.2) is 6.23 Å². The molecule has 6 nitrogen and oxygen atoms in total. The third-order valence-electron chi connectivity index (χ3n) is 6.64. The molecule has 2 heterocycles. The smallest absolute Gasteiger partial charge is 0.266 e. The molecule has 3 aromatic rings. The molecule has 2 atom stereocenters. The molecule has 5 rings (SSSR count). The van der Waals surface area contributed by atoms with Crippen LogP contribution in [0, 0.1) is 6.92 Å². The first-order valence-electron chi connectivity index (χ1n) is 10.7. The molecule has 2 aliphatic heterocycles. The minimum atomic E-state index is -4.19. The zero-order valence-electron chi connectivity index (χ0n) is 18.2. The van der Waals surface area contributed by atoms with Crippen molar-refractivity contribution in [1.29, 1.82) is 0 Å². The zero-order chi connectivity index (χ0) is 24.3. The van der Waals surface area contributed by atoms with E-state index in [0.717, 1.165) is 15.4 Å². The van der Waals surface area contributed by atoms with Crippen LogP contribution in [0.25, 0.3) is 0 Å². The number of benzene rings is 3. The number of amides is 1. The summed E-state index contributed by atoms with van der Waals surface area (Å²) in [5, 5.41) is 11.6. The van der Waals surface area contributed by atoms with E-state index in [-0.39, 0.29) is 23.7 Å². The van der Waals surface area contributed by atoms with Crippen molar-refractivity contribution in [2.75, 3.05) is 10.8 Å². The van der Waals surface area contributed by atoms with Gasteiger partial charge in [0.2, 0.25) is 4.33 Å². The van der Waals surface area contributed by atoms with Crippen LogP contribution in [0.5, 0.6) is 0 Å². The second-order valence-corrected chi connectivity index (χ2v) is 11.8. The normalized spacial score (nSPS) is 23.5. The maximum atomic E-state index is 13.7. The molecule has 1 fully saturated rings. The number of hydrogen-bond donors (Lipinski definition) is 1. The molecule has 3 aromatic carbocycles. The average molecular weight is 517 g/mol. The van der Waals surface area contributed by atoms with Gasteiger partial charge in [0.1, 0.15) is 5.41 Å². The summed E-state index contributed by atoms with van der Waals surface area (Å²) in [6.07, 6.45) is -1.70. The molecule has 0 aromatic heterocycles. The standard InChI is InChI=1S/C25H22Cl2N2O4S/c1-17-11-13-19(14-12-17)34(32,33)29-21-10-6-5-9-20(21)24(22(29)30)16-28(23(31)25(24,26)27)15-18-7-3-2-4-8-18/h2-14,22,30H,15-16H2,1H3. The Balaban J connectivity index is 1.64. The summed E-state index contributed by atoms with van der Waals surface area (Å²) in [6.45, 7) is 2.03. The third kappa shape index (κ3) is 3.18. The topological polar surface area (TPSA) is 77.9 Å². The number of carbonyl (C=O) groups is 1. The molecule has 1 saturated heterocycles. The molecule has 1 amide bonds. The minimum absolute atomic E-state index is 0.0178. The van der Waals surface area contributed by atoms with E-state index in [0.29, 0.717) is 5.56 Å². The fourth-order valence-electron chi connectivity index (χ4n) is 4.89. The predicted octanol–water partition coefficient (Wildman–Crippen LogP) is 3.98. The molecule has 1 N–H and O–H groups in total. The maximum absolute atomic E-state index is 13.7. The van der Waals surface area contributed by atoms with Crippen LogP contribution in [-0.2, 0) is 26.8 Å². The molecule has 9 heteroatoms. The van der Waals surface area contributed by atoms with Gasteiger partial charge in [-0.05, 0) is 36.2 Å². The number of alkyl halides is 2. The van der Waals surface area contributed by atoms with Crippen LogP contribution in [0.15, 0.2) is 83.8 Å². The zero-order valence-corrected chi connectivity index (χ0v) is 20.6. The molecule has 1 spiro atoms. The second kappa shape index (κ2) is 7.99. The summed E-state index contributed by atoms with van der Waals surface area (Å²) in [6, 6.07) is 22.3. The maximum Gasteiger partial charge on any atom is 0.266 e. The molecule has 0 bridgehead atoms. The largest absolute Gasteiger partial charge is 0.371 e. The summed E-state index contributed by atoms with van der Waals surface area (Å²) >= 11 is 13.5. The van der Waals surface area contributed by atoms with Gasteiger partial charge in [-0.1, -0.05) is 89.4 Å². The highest BCUT2D eigenvalue weighted by Crippen LogP contribution is 2.59. The SMILES string of the molecule is Cc1ccc(S(=O)(=O)N2c3ccccc3C3(CN(Cc4ccccc4)C(=O)C3(Cl)Cl)C2O)cc1. The number of rotatable bonds is 4. The molecular weight excluding hydrogens is 495 g/mol. The van der Waals surface area contributed by atoms with Crippen molar-refractivity contribution in [2.45, 2.75) is 34.3 Å². The Morgan fingerprint density at radius 2 is 1.59 bits per heavy atom. The third-order valence-corrected chi connectivity index (χ3v) is 9.42. The lowest BCUT2D eigenvalue weighted by Crippen LogP contribution is -2.56. The van der Waals surface area contributed by atoms with E-state index in [2.05, 4.69) is 0 Å². The number of nitrogens with zero attached hydrogens (tertiary/aromatic N) is 2. The van der Waals surface area contributed by atoms with Gasteiger partial charge in [-0.3, -0.25) is 4.79 Å². The highest BCUT2D eigenvalue weighted by molar-refractivity contribution is 7.92. The van der Waals surface area contributed by atoms with Crippen molar-refractivity contribution in [2.24, 2.45) is 0 Å². The Morgan fingerprint density at radius 3 is 2.26 bits per heavy atom. The number of aliphatic hydroxyl groups is 1. The highest BCUT2D eigenvalue weighted by Gasteiger charge is 2.72. The van der Waals surface area contributed by atoms with E-state index in [4.69, 9.17) is 23.2 Å². The number of carbonyl (C=O) groups excluding carboxylic acids is 1. The van der Waals surface area contributed by atoms with E-state index in [1.54, 1.807) is 36.4 Å². The summed E-state index contributed by atoms with van der Waals surface area (Å²) in [5.74, 6) is -0.580. The lowest BCUT2D eigenvalue weighted by Gasteiger charge is -2.36. The van der Waals surface area contributed by atoms with Crippen molar-refractivity contribution < 1.29 is 18.3 Å². The van der Waals surface area contributed by atoms with E-state index < -0.39 is 31.9 Å². The molecular formula is C25H22Cl2N2O4S. The van der Waals surface area contributed by atoms with Gasteiger partial charge in [0.25, 0.3) is 15.9 Å². The van der Waals surface area contributed by atoms with Gasteiger partial charge in [-0.25, -0.2) is 12.7 Å². The number of aliphatic hydroxyl groups excluding tert-OH is 1. The van der Waals surface area contributed by atoms with Crippen LogP contribution >= 0.6 is 23.2 Å². The van der Waals surface area contributed by atoms with E-state index >= 15 is 0 Å². The van der Waals surface area contributed by atoms with E-state index in [9.17, 15) is 18.3 Å². The van der Waals surface area contributed by atoms with Gasteiger partial charge < -0.3 is 10.0 Å². The molecule has 34 heavy (non-hydrogen) atoms. The fraction of sp³-hybridized carbons (Fsp3) is 0.240. The lowest BCUT2D eigenvalue weighted by molar-refractivity contribution is -0.128. The number of fused-ring (bicyclic) bond motifs is 2. The summed E-state index contributed by atoms with van der Waals surface area (Å²) in [5.41, 5.74) is 0.831. The minimum Gasteiger partial charge on any atom is -0.371 e. The molecule has 0 aliphatic carbocycles. The van der Waals surface area contributed by atoms with Gasteiger partial charge in [-0.2, -0.15) is 0 Å². The van der Waals surface area contributed by atoms with Crippen molar-refractivity contribution in [3.05, 3.63) is 95.6 Å². The first-order chi connectivity index (χ1) is 16.1. The summed E-state index contributed by atoms with van der Waals surface area (Å²) < 4.78 is 26.3. The van der Waals surface area contributed by atoms with Gasteiger partial charge in [0.05, 0.1) is 10.6 Å². The van der Waals surface area contributed by atoms with Crippen molar-refractivity contribution in [1.82, 2.24) is 4.90 Å². The highest BCUT2D eigenvalue weighted by atomic mass is 35.5. The van der Waals surface area contributed by atoms with Gasteiger partial charge in [-0.15, -0.1) is 0 Å². The average Bonchev–Trinajstić information content (AvgIpc) is 3.19. The molecule has 176 valence electrons. The van der Waals surface area contributed by atoms with E-state index in [1.807, 2.05) is 37.3 Å². The van der Waals surface area contributed by atoms with Crippen LogP contribution in [0.4, 0.5) is 5.69 Å². The molecule has 0 saturated carbocycles. The van der Waals surface area contributed by atoms with Crippen LogP contribution in [0.3, 0.4) is 0 Å². The van der Waals surface area contributed by atoms with Crippen LogP contribution in [0.2, 0.25) is 0 Å². The second-order valence-electron chi connectivity index (χ2n) is 8.70. The summed E-state index contributed by atoms with van der Waals surface area (Å²) in [7, 11) is -4.19. The Bertz CT molecular complexity index is 1360. The van der Waals surface area contributed by atoms with Crippen LogP contribution < -0.4 is 4.31 Å². The first-order valence-corrected chi connectivity index (χ1v) is 12.9. The molecule has 2 aliphatic rings. The number of sulfonamides is 1. The number of aryl methyl sites for hydroxylation is 1. The van der Waals surface area contributed by atoms with Crippen molar-refractivity contribution in [3.63, 3.8) is 0 Å². The van der Waals surface area contributed by atoms with Crippen molar-refractivity contribution in [3.8, 4) is 0 Å². The lowest BCUT2D eigenvalue weighted by atomic mass is 9.79. The monoisotopic (exact) mass is 516 g/mol.